The van der Waals surface area contributed by atoms with E-state index >= 15 is 0 Å². The zero-order valence-electron chi connectivity index (χ0n) is 8.83. The molecular weight excluding hydrogens is 279 g/mol. The van der Waals surface area contributed by atoms with Gasteiger partial charge in [-0.3, -0.25) is 9.78 Å². The van der Waals surface area contributed by atoms with Crippen LogP contribution in [0.15, 0.2) is 23.8 Å². The molecule has 6 heteroatoms. The molecular formula is C11H8Cl2N2OS. The van der Waals surface area contributed by atoms with Gasteiger partial charge in [0.15, 0.2) is 0 Å². The number of carbonyl (C=O) groups excluding carboxylic acids is 1. The molecule has 0 fully saturated rings. The summed E-state index contributed by atoms with van der Waals surface area (Å²) in [4.78, 5) is 16.3. The third-order valence-electron chi connectivity index (χ3n) is 2.12. The number of hydrogen-bond donors (Lipinski definition) is 1. The number of nitrogens with one attached hydrogen (secondary N) is 1. The van der Waals surface area contributed by atoms with Crippen molar-refractivity contribution in [1.29, 1.82) is 0 Å². The van der Waals surface area contributed by atoms with Gasteiger partial charge in [-0.2, -0.15) is 0 Å². The highest BCUT2D eigenvalue weighted by atomic mass is 35.5. The summed E-state index contributed by atoms with van der Waals surface area (Å²) < 4.78 is 0. The van der Waals surface area contributed by atoms with Crippen molar-refractivity contribution >= 4 is 46.1 Å². The van der Waals surface area contributed by atoms with E-state index in [4.69, 9.17) is 23.2 Å². The van der Waals surface area contributed by atoms with Crippen molar-refractivity contribution in [1.82, 2.24) is 4.98 Å². The molecule has 3 nitrogen and oxygen atoms in total. The molecule has 0 saturated heterocycles. The smallest absolute Gasteiger partial charge is 0.267 e. The first kappa shape index (κ1) is 12.4. The number of hydrogen-bond acceptors (Lipinski definition) is 3. The van der Waals surface area contributed by atoms with Crippen molar-refractivity contribution < 1.29 is 4.79 Å². The number of rotatable bonds is 2. The summed E-state index contributed by atoms with van der Waals surface area (Å²) >= 11 is 13.2. The van der Waals surface area contributed by atoms with E-state index in [1.165, 1.54) is 17.5 Å². The molecule has 2 rings (SSSR count). The van der Waals surface area contributed by atoms with Crippen molar-refractivity contribution in [3.8, 4) is 0 Å². The van der Waals surface area contributed by atoms with E-state index in [9.17, 15) is 4.79 Å². The van der Waals surface area contributed by atoms with Crippen LogP contribution in [0.1, 0.15) is 15.2 Å². The van der Waals surface area contributed by atoms with Crippen LogP contribution in [0.3, 0.4) is 0 Å². The first-order valence-electron chi connectivity index (χ1n) is 4.74. The van der Waals surface area contributed by atoms with Gasteiger partial charge in [0, 0.05) is 6.20 Å². The fourth-order valence-electron chi connectivity index (χ4n) is 1.23. The fourth-order valence-corrected chi connectivity index (χ4v) is 2.56. The van der Waals surface area contributed by atoms with Crippen LogP contribution in [0, 0.1) is 6.92 Å². The van der Waals surface area contributed by atoms with Crippen LogP contribution in [-0.4, -0.2) is 10.9 Å². The average molecular weight is 287 g/mol. The van der Waals surface area contributed by atoms with E-state index in [1.54, 1.807) is 12.3 Å². The van der Waals surface area contributed by atoms with Gasteiger partial charge in [-0.15, -0.1) is 11.3 Å². The van der Waals surface area contributed by atoms with Gasteiger partial charge in [0.2, 0.25) is 0 Å². The van der Waals surface area contributed by atoms with Gasteiger partial charge in [-0.25, -0.2) is 0 Å². The van der Waals surface area contributed by atoms with E-state index in [0.29, 0.717) is 20.6 Å². The molecule has 2 aromatic rings. The second-order valence-electron chi connectivity index (χ2n) is 3.37. The van der Waals surface area contributed by atoms with Gasteiger partial charge in [0.25, 0.3) is 5.91 Å². The van der Waals surface area contributed by atoms with Crippen molar-refractivity contribution in [2.45, 2.75) is 6.92 Å². The number of anilines is 1. The topological polar surface area (TPSA) is 42.0 Å². The molecule has 0 aliphatic heterocycles. The average Bonchev–Trinajstić information content (AvgIpc) is 2.63. The second-order valence-corrected chi connectivity index (χ2v) is 5.04. The first-order chi connectivity index (χ1) is 8.09. The summed E-state index contributed by atoms with van der Waals surface area (Å²) in [5, 5.41) is 5.43. The zero-order chi connectivity index (χ0) is 12.4. The molecule has 0 unspecified atom stereocenters. The Bertz CT molecular complexity index is 568. The van der Waals surface area contributed by atoms with Gasteiger partial charge >= 0.3 is 0 Å². The lowest BCUT2D eigenvalue weighted by molar-refractivity contribution is 0.103. The summed E-state index contributed by atoms with van der Waals surface area (Å²) in [6, 6.07) is 1.61. The molecule has 0 saturated carbocycles. The lowest BCUT2D eigenvalue weighted by Gasteiger charge is -2.05. The van der Waals surface area contributed by atoms with Crippen molar-refractivity contribution in [2.75, 3.05) is 5.32 Å². The monoisotopic (exact) mass is 286 g/mol. The Hall–Kier alpha value is -1.10. The minimum atomic E-state index is -0.275. The molecule has 2 heterocycles. The van der Waals surface area contributed by atoms with Crippen LogP contribution < -0.4 is 5.32 Å². The zero-order valence-corrected chi connectivity index (χ0v) is 11.2. The lowest BCUT2D eigenvalue weighted by Crippen LogP contribution is -2.11. The van der Waals surface area contributed by atoms with Gasteiger partial charge < -0.3 is 5.32 Å². The predicted molar refractivity (Wildman–Crippen MR) is 71.3 cm³/mol. The molecule has 0 bridgehead atoms. The number of aryl methyl sites for hydroxylation is 1. The van der Waals surface area contributed by atoms with E-state index in [2.05, 4.69) is 10.3 Å². The minimum absolute atomic E-state index is 0.275. The van der Waals surface area contributed by atoms with Crippen molar-refractivity contribution in [2.24, 2.45) is 0 Å². The summed E-state index contributed by atoms with van der Waals surface area (Å²) in [6.45, 7) is 1.85. The normalized spacial score (nSPS) is 10.3. The molecule has 17 heavy (non-hydrogen) atoms. The van der Waals surface area contributed by atoms with E-state index < -0.39 is 0 Å². The lowest BCUT2D eigenvalue weighted by atomic mass is 10.3. The van der Waals surface area contributed by atoms with E-state index in [0.717, 1.165) is 5.56 Å². The molecule has 0 atom stereocenters. The highest BCUT2D eigenvalue weighted by Crippen LogP contribution is 2.28. The van der Waals surface area contributed by atoms with Gasteiger partial charge in [-0.1, -0.05) is 23.2 Å². The Morgan fingerprint density at radius 3 is 2.82 bits per heavy atom. The summed E-state index contributed by atoms with van der Waals surface area (Å²) in [5.74, 6) is -0.275. The second kappa shape index (κ2) is 5.04. The Morgan fingerprint density at radius 2 is 2.24 bits per heavy atom. The SMILES string of the molecule is Cc1csc(C(=O)Nc2cnccc2Cl)c1Cl. The number of amides is 1. The first-order valence-corrected chi connectivity index (χ1v) is 6.37. The maximum Gasteiger partial charge on any atom is 0.267 e. The quantitative estimate of drug-likeness (QED) is 0.906. The molecule has 0 aliphatic carbocycles. The molecule has 1 amide bonds. The fraction of sp³-hybridized carbons (Fsp3) is 0.0909. The third-order valence-corrected chi connectivity index (χ3v) is 4.15. The van der Waals surface area contributed by atoms with E-state index in [1.807, 2.05) is 12.3 Å². The van der Waals surface area contributed by atoms with Crippen LogP contribution in [0.4, 0.5) is 5.69 Å². The number of pyridine rings is 1. The van der Waals surface area contributed by atoms with E-state index in [-0.39, 0.29) is 5.91 Å². The summed E-state index contributed by atoms with van der Waals surface area (Å²) in [6.07, 6.45) is 3.05. The maximum absolute atomic E-state index is 11.9. The number of halogens is 2. The number of thiophene rings is 1. The summed E-state index contributed by atoms with van der Waals surface area (Å²) in [5.41, 5.74) is 1.36. The molecule has 88 valence electrons. The molecule has 0 aromatic carbocycles. The van der Waals surface area contributed by atoms with Gasteiger partial charge in [0.1, 0.15) is 4.88 Å². The summed E-state index contributed by atoms with van der Waals surface area (Å²) in [7, 11) is 0. The maximum atomic E-state index is 11.9. The van der Waals surface area contributed by atoms with Crippen LogP contribution in [0.25, 0.3) is 0 Å². The number of nitrogens with zero attached hydrogens (tertiary/aromatic N) is 1. The molecule has 1 N–H and O–H groups in total. The number of carbonyl (C=O) groups is 1. The van der Waals surface area contributed by atoms with Crippen LogP contribution in [-0.2, 0) is 0 Å². The van der Waals surface area contributed by atoms with Crippen molar-refractivity contribution in [3.05, 3.63) is 44.3 Å². The van der Waals surface area contributed by atoms with Gasteiger partial charge in [-0.05, 0) is 23.9 Å². The van der Waals surface area contributed by atoms with Crippen LogP contribution in [0.2, 0.25) is 10.0 Å². The third kappa shape index (κ3) is 2.60. The Kier molecular flexibility index (Phi) is 3.66. The van der Waals surface area contributed by atoms with Gasteiger partial charge in [0.05, 0.1) is 21.9 Å². The largest absolute Gasteiger partial charge is 0.319 e. The Morgan fingerprint density at radius 1 is 1.47 bits per heavy atom. The standard InChI is InChI=1S/C11H8Cl2N2OS/c1-6-5-17-10(9(6)13)11(16)15-8-4-14-3-2-7(8)12/h2-5H,1H3,(H,15,16). The molecule has 0 radical (unpaired) electrons. The highest BCUT2D eigenvalue weighted by Gasteiger charge is 2.15. The Balaban J connectivity index is 2.23. The molecule has 0 spiro atoms. The van der Waals surface area contributed by atoms with Crippen LogP contribution >= 0.6 is 34.5 Å². The molecule has 2 aromatic heterocycles. The Labute approximate surface area is 112 Å². The number of aromatic nitrogens is 1. The van der Waals surface area contributed by atoms with Crippen LogP contribution in [0.5, 0.6) is 0 Å². The van der Waals surface area contributed by atoms with Crippen molar-refractivity contribution in [3.63, 3.8) is 0 Å². The predicted octanol–water partition coefficient (Wildman–Crippen LogP) is 4.01. The molecule has 0 aliphatic rings. The minimum Gasteiger partial charge on any atom is -0.319 e. The highest BCUT2D eigenvalue weighted by molar-refractivity contribution is 7.13.